The fourth-order valence-corrected chi connectivity index (χ4v) is 1.98. The monoisotopic (exact) mass is 266 g/mol. The van der Waals surface area contributed by atoms with E-state index in [0.717, 1.165) is 22.6 Å². The number of methoxy groups -OCH3 is 1. The first-order valence-corrected chi connectivity index (χ1v) is 6.19. The van der Waals surface area contributed by atoms with Gasteiger partial charge in [-0.3, -0.25) is 4.79 Å². The largest absolute Gasteiger partial charge is 0.495 e. The van der Waals surface area contributed by atoms with Crippen molar-refractivity contribution in [3.05, 3.63) is 23.3 Å². The normalized spacial score (nSPS) is 12.1. The van der Waals surface area contributed by atoms with Gasteiger partial charge in [-0.1, -0.05) is 0 Å². The van der Waals surface area contributed by atoms with Crippen molar-refractivity contribution in [1.29, 1.82) is 0 Å². The van der Waals surface area contributed by atoms with Gasteiger partial charge in [0.15, 0.2) is 0 Å². The van der Waals surface area contributed by atoms with Crippen LogP contribution in [0.2, 0.25) is 0 Å². The second-order valence-corrected chi connectivity index (χ2v) is 4.85. The molecular formula is C14H22N2O3. The number of benzene rings is 1. The predicted octanol–water partition coefficient (Wildman–Crippen LogP) is 1.55. The molecule has 5 heteroatoms. The first kappa shape index (κ1) is 15.3. The number of hydrogen-bond acceptors (Lipinski definition) is 4. The molecule has 1 aromatic rings. The Morgan fingerprint density at radius 3 is 2.53 bits per heavy atom. The lowest BCUT2D eigenvalue weighted by molar-refractivity contribution is -0.137. The first-order chi connectivity index (χ1) is 8.85. The van der Waals surface area contributed by atoms with Crippen LogP contribution >= 0.6 is 0 Å². The predicted molar refractivity (Wildman–Crippen MR) is 76.0 cm³/mol. The van der Waals surface area contributed by atoms with Crippen molar-refractivity contribution in [2.75, 3.05) is 25.6 Å². The van der Waals surface area contributed by atoms with Crippen LogP contribution < -0.4 is 15.4 Å². The lowest BCUT2D eigenvalue weighted by Crippen LogP contribution is -2.37. The van der Waals surface area contributed by atoms with Crippen molar-refractivity contribution in [2.24, 2.45) is 5.73 Å². The number of nitrogens with zero attached hydrogens (tertiary/aromatic N) is 1. The molecule has 0 aromatic heterocycles. The quantitative estimate of drug-likeness (QED) is 0.817. The highest BCUT2D eigenvalue weighted by Crippen LogP contribution is 2.30. The summed E-state index contributed by atoms with van der Waals surface area (Å²) in [7, 11) is 3.51. The van der Waals surface area contributed by atoms with Gasteiger partial charge in [0, 0.05) is 19.6 Å². The molecule has 0 amide bonds. The molecule has 1 aromatic carbocycles. The summed E-state index contributed by atoms with van der Waals surface area (Å²) in [5.74, 6) is -0.110. The number of carboxylic acids is 1. The Labute approximate surface area is 114 Å². The molecule has 0 aliphatic carbocycles. The summed E-state index contributed by atoms with van der Waals surface area (Å²) < 4.78 is 5.37. The third-order valence-corrected chi connectivity index (χ3v) is 3.15. The molecule has 5 nitrogen and oxygen atoms in total. The minimum atomic E-state index is -0.882. The molecule has 0 aliphatic rings. The van der Waals surface area contributed by atoms with Crippen LogP contribution in [0, 0.1) is 13.8 Å². The zero-order valence-corrected chi connectivity index (χ0v) is 11.9. The lowest BCUT2D eigenvalue weighted by Gasteiger charge is -2.25. The number of hydrogen-bond donors (Lipinski definition) is 2. The van der Waals surface area contributed by atoms with E-state index in [1.54, 1.807) is 7.11 Å². The summed E-state index contributed by atoms with van der Waals surface area (Å²) in [6.07, 6.45) is -0.0441. The number of carbonyl (C=O) groups is 1. The maximum Gasteiger partial charge on any atom is 0.304 e. The fourth-order valence-electron chi connectivity index (χ4n) is 1.98. The van der Waals surface area contributed by atoms with Crippen molar-refractivity contribution in [1.82, 2.24) is 0 Å². The number of carboxylic acid groups (broad SMARTS) is 1. The van der Waals surface area contributed by atoms with Crippen molar-refractivity contribution in [2.45, 2.75) is 26.3 Å². The Kier molecular flexibility index (Phi) is 5.18. The van der Waals surface area contributed by atoms with E-state index >= 15 is 0 Å². The molecule has 106 valence electrons. The van der Waals surface area contributed by atoms with Crippen LogP contribution in [0.5, 0.6) is 5.75 Å². The SMILES string of the molecule is COc1cc(C)c(C)cc1N(C)CC(N)CC(=O)O. The van der Waals surface area contributed by atoms with Crippen LogP contribution in [0.15, 0.2) is 12.1 Å². The zero-order valence-electron chi connectivity index (χ0n) is 11.9. The van der Waals surface area contributed by atoms with E-state index in [-0.39, 0.29) is 6.42 Å². The number of likely N-dealkylation sites (N-methyl/N-ethyl adjacent to an activating group) is 1. The van der Waals surface area contributed by atoms with Gasteiger partial charge in [-0.05, 0) is 37.1 Å². The van der Waals surface area contributed by atoms with E-state index in [0.29, 0.717) is 6.54 Å². The van der Waals surface area contributed by atoms with E-state index < -0.39 is 12.0 Å². The summed E-state index contributed by atoms with van der Waals surface area (Å²) >= 11 is 0. The maximum atomic E-state index is 10.6. The van der Waals surface area contributed by atoms with Gasteiger partial charge in [0.25, 0.3) is 0 Å². The summed E-state index contributed by atoms with van der Waals surface area (Å²) in [6, 6.07) is 3.60. The highest BCUT2D eigenvalue weighted by Gasteiger charge is 2.15. The van der Waals surface area contributed by atoms with E-state index in [1.807, 2.05) is 37.9 Å². The molecule has 0 saturated carbocycles. The van der Waals surface area contributed by atoms with Gasteiger partial charge in [0.05, 0.1) is 19.2 Å². The molecule has 1 unspecified atom stereocenters. The number of nitrogens with two attached hydrogens (primary N) is 1. The average molecular weight is 266 g/mol. The highest BCUT2D eigenvalue weighted by molar-refractivity contribution is 5.68. The second-order valence-electron chi connectivity index (χ2n) is 4.85. The Hall–Kier alpha value is -1.75. The van der Waals surface area contributed by atoms with E-state index in [4.69, 9.17) is 15.6 Å². The molecule has 0 aliphatic heterocycles. The number of rotatable bonds is 6. The topological polar surface area (TPSA) is 75.8 Å². The van der Waals surface area contributed by atoms with Gasteiger partial charge in [-0.25, -0.2) is 0 Å². The summed E-state index contributed by atoms with van der Waals surface area (Å²) in [5.41, 5.74) is 9.05. The van der Waals surface area contributed by atoms with Gasteiger partial charge in [-0.2, -0.15) is 0 Å². The molecule has 1 atom stereocenters. The molecule has 0 heterocycles. The molecular weight excluding hydrogens is 244 g/mol. The average Bonchev–Trinajstić information content (AvgIpc) is 2.30. The van der Waals surface area contributed by atoms with Crippen molar-refractivity contribution >= 4 is 11.7 Å². The van der Waals surface area contributed by atoms with Gasteiger partial charge in [0.1, 0.15) is 5.75 Å². The number of anilines is 1. The molecule has 0 bridgehead atoms. The molecule has 0 fully saturated rings. The van der Waals surface area contributed by atoms with Crippen LogP contribution in [0.3, 0.4) is 0 Å². The fraction of sp³-hybridized carbons (Fsp3) is 0.500. The third-order valence-electron chi connectivity index (χ3n) is 3.15. The summed E-state index contributed by atoms with van der Waals surface area (Å²) in [4.78, 5) is 12.6. The number of aryl methyl sites for hydroxylation is 2. The Morgan fingerprint density at radius 2 is 2.00 bits per heavy atom. The van der Waals surface area contributed by atoms with Crippen molar-refractivity contribution in [3.8, 4) is 5.75 Å². The molecule has 0 radical (unpaired) electrons. The zero-order chi connectivity index (χ0) is 14.6. The van der Waals surface area contributed by atoms with Crippen molar-refractivity contribution < 1.29 is 14.6 Å². The van der Waals surface area contributed by atoms with Gasteiger partial charge in [-0.15, -0.1) is 0 Å². The Balaban J connectivity index is 2.89. The highest BCUT2D eigenvalue weighted by atomic mass is 16.5. The first-order valence-electron chi connectivity index (χ1n) is 6.19. The van der Waals surface area contributed by atoms with Gasteiger partial charge in [0.2, 0.25) is 0 Å². The Morgan fingerprint density at radius 1 is 1.42 bits per heavy atom. The van der Waals surface area contributed by atoms with Crippen LogP contribution in [-0.4, -0.2) is 37.8 Å². The molecule has 0 spiro atoms. The van der Waals surface area contributed by atoms with E-state index in [2.05, 4.69) is 0 Å². The standard InChI is InChI=1S/C14H22N2O3/c1-9-5-12(13(19-4)6-10(9)2)16(3)8-11(15)7-14(17)18/h5-6,11H,7-8,15H2,1-4H3,(H,17,18). The summed E-state index contributed by atoms with van der Waals surface area (Å²) in [6.45, 7) is 4.52. The van der Waals surface area contributed by atoms with E-state index in [9.17, 15) is 4.79 Å². The van der Waals surface area contributed by atoms with E-state index in [1.165, 1.54) is 0 Å². The lowest BCUT2D eigenvalue weighted by atomic mass is 10.1. The smallest absolute Gasteiger partial charge is 0.304 e. The molecule has 1 rings (SSSR count). The van der Waals surface area contributed by atoms with Gasteiger partial charge >= 0.3 is 5.97 Å². The summed E-state index contributed by atoms with van der Waals surface area (Å²) in [5, 5.41) is 8.73. The van der Waals surface area contributed by atoms with Crippen molar-refractivity contribution in [3.63, 3.8) is 0 Å². The second kappa shape index (κ2) is 6.43. The molecule has 0 saturated heterocycles. The van der Waals surface area contributed by atoms with Gasteiger partial charge < -0.3 is 20.5 Å². The third kappa shape index (κ3) is 4.13. The molecule has 19 heavy (non-hydrogen) atoms. The van der Waals surface area contributed by atoms with Crippen LogP contribution in [-0.2, 0) is 4.79 Å². The number of ether oxygens (including phenoxy) is 1. The molecule has 3 N–H and O–H groups in total. The minimum Gasteiger partial charge on any atom is -0.495 e. The maximum absolute atomic E-state index is 10.6. The minimum absolute atomic E-state index is 0.0441. The van der Waals surface area contributed by atoms with Crippen LogP contribution in [0.1, 0.15) is 17.5 Å². The Bertz CT molecular complexity index is 460. The van der Waals surface area contributed by atoms with Crippen LogP contribution in [0.25, 0.3) is 0 Å². The number of aliphatic carboxylic acids is 1. The van der Waals surface area contributed by atoms with Crippen LogP contribution in [0.4, 0.5) is 5.69 Å².